The number of amides is 3. The third-order valence-electron chi connectivity index (χ3n) is 4.19. The van der Waals surface area contributed by atoms with Crippen LogP contribution in [0.15, 0.2) is 54.6 Å². The van der Waals surface area contributed by atoms with Crippen LogP contribution < -0.4 is 16.2 Å². The molecule has 0 saturated heterocycles. The normalized spacial score (nSPS) is 11.4. The van der Waals surface area contributed by atoms with E-state index in [1.807, 2.05) is 31.4 Å². The van der Waals surface area contributed by atoms with E-state index in [9.17, 15) is 14.4 Å². The Labute approximate surface area is 169 Å². The van der Waals surface area contributed by atoms with Crippen LogP contribution in [0, 0.1) is 0 Å². The molecule has 3 N–H and O–H groups in total. The van der Waals surface area contributed by atoms with Gasteiger partial charge in [-0.1, -0.05) is 37.3 Å². The first kappa shape index (κ1) is 21.5. The van der Waals surface area contributed by atoms with Crippen LogP contribution in [0.1, 0.15) is 39.6 Å². The molecular formula is C21H25N3O3S. The monoisotopic (exact) mass is 399 g/mol. The van der Waals surface area contributed by atoms with Crippen LogP contribution in [0.25, 0.3) is 0 Å². The third kappa shape index (κ3) is 6.42. The molecule has 0 aliphatic rings. The molecule has 2 aromatic rings. The van der Waals surface area contributed by atoms with Gasteiger partial charge in [-0.05, 0) is 54.7 Å². The summed E-state index contributed by atoms with van der Waals surface area (Å²) in [7, 11) is 0. The fraction of sp³-hybridized carbons (Fsp3) is 0.286. The zero-order valence-corrected chi connectivity index (χ0v) is 16.8. The number of aryl methyl sites for hydroxylation is 1. The van der Waals surface area contributed by atoms with E-state index in [-0.39, 0.29) is 5.91 Å². The van der Waals surface area contributed by atoms with E-state index in [1.54, 1.807) is 48.2 Å². The third-order valence-corrected chi connectivity index (χ3v) is 4.84. The van der Waals surface area contributed by atoms with E-state index in [0.717, 1.165) is 12.0 Å². The average Bonchev–Trinajstić information content (AvgIpc) is 2.75. The maximum atomic E-state index is 12.5. The second kappa shape index (κ2) is 11.1. The second-order valence-electron chi connectivity index (χ2n) is 6.17. The summed E-state index contributed by atoms with van der Waals surface area (Å²) in [5.74, 6) is -0.506. The molecule has 0 bridgehead atoms. The van der Waals surface area contributed by atoms with Crippen molar-refractivity contribution < 1.29 is 14.4 Å². The molecule has 148 valence electrons. The lowest BCUT2D eigenvalue weighted by molar-refractivity contribution is -0.123. The lowest BCUT2D eigenvalue weighted by Gasteiger charge is -2.18. The quantitative estimate of drug-likeness (QED) is 0.596. The SMILES string of the molecule is CCc1ccc(C(=O)NNC(=O)[C@@H](CCSC)NC(=O)c2ccccc2)cc1. The van der Waals surface area contributed by atoms with Gasteiger partial charge in [0, 0.05) is 11.1 Å². The zero-order chi connectivity index (χ0) is 20.4. The average molecular weight is 400 g/mol. The molecule has 0 saturated carbocycles. The summed E-state index contributed by atoms with van der Waals surface area (Å²) < 4.78 is 0. The fourth-order valence-electron chi connectivity index (χ4n) is 2.51. The molecular weight excluding hydrogens is 374 g/mol. The van der Waals surface area contributed by atoms with Crippen LogP contribution in [0.4, 0.5) is 0 Å². The Kier molecular flexibility index (Phi) is 8.55. The van der Waals surface area contributed by atoms with Crippen molar-refractivity contribution in [3.63, 3.8) is 0 Å². The molecule has 28 heavy (non-hydrogen) atoms. The van der Waals surface area contributed by atoms with Gasteiger partial charge < -0.3 is 5.32 Å². The first-order chi connectivity index (χ1) is 13.5. The second-order valence-corrected chi connectivity index (χ2v) is 7.15. The number of rotatable bonds is 8. The first-order valence-electron chi connectivity index (χ1n) is 9.09. The standard InChI is InChI=1S/C21H25N3O3S/c1-3-15-9-11-17(12-10-15)20(26)23-24-21(27)18(13-14-28-2)22-19(25)16-7-5-4-6-8-16/h4-12,18H,3,13-14H2,1-2H3,(H,22,25)(H,23,26)(H,24,27)/t18-/m1/s1. The molecule has 3 amide bonds. The molecule has 0 heterocycles. The predicted octanol–water partition coefficient (Wildman–Crippen LogP) is 2.56. The Hall–Kier alpha value is -2.80. The van der Waals surface area contributed by atoms with Gasteiger partial charge in [0.05, 0.1) is 0 Å². The van der Waals surface area contributed by atoms with Gasteiger partial charge in [-0.25, -0.2) is 0 Å². The maximum Gasteiger partial charge on any atom is 0.269 e. The van der Waals surface area contributed by atoms with E-state index in [1.165, 1.54) is 0 Å². The van der Waals surface area contributed by atoms with Crippen molar-refractivity contribution in [2.45, 2.75) is 25.8 Å². The van der Waals surface area contributed by atoms with E-state index in [4.69, 9.17) is 0 Å². The zero-order valence-electron chi connectivity index (χ0n) is 16.0. The molecule has 0 unspecified atom stereocenters. The number of carbonyl (C=O) groups excluding carboxylic acids is 3. The van der Waals surface area contributed by atoms with Crippen molar-refractivity contribution in [1.82, 2.24) is 16.2 Å². The highest BCUT2D eigenvalue weighted by Crippen LogP contribution is 2.06. The largest absolute Gasteiger partial charge is 0.340 e. The Morgan fingerprint density at radius 1 is 0.893 bits per heavy atom. The van der Waals surface area contributed by atoms with E-state index in [0.29, 0.717) is 23.3 Å². The van der Waals surface area contributed by atoms with Gasteiger partial charge in [0.2, 0.25) is 0 Å². The molecule has 7 heteroatoms. The van der Waals surface area contributed by atoms with Gasteiger partial charge in [0.1, 0.15) is 6.04 Å². The Morgan fingerprint density at radius 3 is 2.14 bits per heavy atom. The maximum absolute atomic E-state index is 12.5. The molecule has 0 radical (unpaired) electrons. The highest BCUT2D eigenvalue weighted by atomic mass is 32.2. The van der Waals surface area contributed by atoms with Gasteiger partial charge >= 0.3 is 0 Å². The molecule has 2 rings (SSSR count). The van der Waals surface area contributed by atoms with Crippen LogP contribution in [0.2, 0.25) is 0 Å². The molecule has 0 aromatic heterocycles. The number of nitrogens with one attached hydrogen (secondary N) is 3. The Morgan fingerprint density at radius 2 is 1.54 bits per heavy atom. The van der Waals surface area contributed by atoms with E-state index >= 15 is 0 Å². The minimum Gasteiger partial charge on any atom is -0.340 e. The smallest absolute Gasteiger partial charge is 0.269 e. The highest BCUT2D eigenvalue weighted by Gasteiger charge is 2.21. The summed E-state index contributed by atoms with van der Waals surface area (Å²) in [5, 5.41) is 2.73. The van der Waals surface area contributed by atoms with Crippen molar-refractivity contribution in [3.05, 3.63) is 71.3 Å². The minimum absolute atomic E-state index is 0.330. The van der Waals surface area contributed by atoms with E-state index < -0.39 is 17.9 Å². The van der Waals surface area contributed by atoms with Gasteiger partial charge in [-0.15, -0.1) is 0 Å². The molecule has 0 aliphatic carbocycles. The van der Waals surface area contributed by atoms with Crippen LogP contribution in [-0.2, 0) is 11.2 Å². The summed E-state index contributed by atoms with van der Waals surface area (Å²) in [6, 6.07) is 15.1. The number of carbonyl (C=O) groups is 3. The van der Waals surface area contributed by atoms with Crippen molar-refractivity contribution >= 4 is 29.5 Å². The van der Waals surface area contributed by atoms with Gasteiger partial charge in [0.25, 0.3) is 17.7 Å². The van der Waals surface area contributed by atoms with Gasteiger partial charge in [0.15, 0.2) is 0 Å². The number of hydrazine groups is 1. The molecule has 0 aliphatic heterocycles. The molecule has 2 aromatic carbocycles. The van der Waals surface area contributed by atoms with Crippen molar-refractivity contribution in [3.8, 4) is 0 Å². The number of hydrogen-bond acceptors (Lipinski definition) is 4. The van der Waals surface area contributed by atoms with E-state index in [2.05, 4.69) is 16.2 Å². The minimum atomic E-state index is -0.747. The number of benzene rings is 2. The first-order valence-corrected chi connectivity index (χ1v) is 10.5. The summed E-state index contributed by atoms with van der Waals surface area (Å²) in [6.45, 7) is 2.04. The van der Waals surface area contributed by atoms with Crippen molar-refractivity contribution in [2.24, 2.45) is 0 Å². The highest BCUT2D eigenvalue weighted by molar-refractivity contribution is 7.98. The van der Waals surface area contributed by atoms with Crippen LogP contribution >= 0.6 is 11.8 Å². The van der Waals surface area contributed by atoms with Gasteiger partial charge in [-0.3, -0.25) is 25.2 Å². The number of hydrogen-bond donors (Lipinski definition) is 3. The van der Waals surface area contributed by atoms with Crippen LogP contribution in [0.5, 0.6) is 0 Å². The fourth-order valence-corrected chi connectivity index (χ4v) is 2.98. The van der Waals surface area contributed by atoms with Crippen LogP contribution in [-0.4, -0.2) is 35.8 Å². The molecule has 0 fully saturated rings. The lowest BCUT2D eigenvalue weighted by atomic mass is 10.1. The molecule has 1 atom stereocenters. The lowest BCUT2D eigenvalue weighted by Crippen LogP contribution is -2.52. The molecule has 6 nitrogen and oxygen atoms in total. The number of thioether (sulfide) groups is 1. The Bertz CT molecular complexity index is 794. The topological polar surface area (TPSA) is 87.3 Å². The summed E-state index contributed by atoms with van der Waals surface area (Å²) >= 11 is 1.58. The predicted molar refractivity (Wildman–Crippen MR) is 112 cm³/mol. The Balaban J connectivity index is 1.95. The summed E-state index contributed by atoms with van der Waals surface area (Å²) in [5.41, 5.74) is 6.88. The van der Waals surface area contributed by atoms with Gasteiger partial charge in [-0.2, -0.15) is 11.8 Å². The van der Waals surface area contributed by atoms with Crippen LogP contribution in [0.3, 0.4) is 0 Å². The summed E-state index contributed by atoms with van der Waals surface area (Å²) in [4.78, 5) is 37.1. The van der Waals surface area contributed by atoms with Crippen molar-refractivity contribution in [2.75, 3.05) is 12.0 Å². The molecule has 0 spiro atoms. The summed E-state index contributed by atoms with van der Waals surface area (Å²) in [6.07, 6.45) is 3.26. The van der Waals surface area contributed by atoms with Crippen molar-refractivity contribution in [1.29, 1.82) is 0 Å².